The van der Waals surface area contributed by atoms with Crippen molar-refractivity contribution in [3.63, 3.8) is 0 Å². The Labute approximate surface area is 243 Å². The number of halogens is 2. The highest BCUT2D eigenvalue weighted by atomic mass is 35.5. The van der Waals surface area contributed by atoms with Crippen LogP contribution in [0.5, 0.6) is 6.01 Å². The lowest BCUT2D eigenvalue weighted by Gasteiger charge is -2.37. The fourth-order valence-electron chi connectivity index (χ4n) is 7.99. The maximum atomic E-state index is 14.4. The molecule has 41 heavy (non-hydrogen) atoms. The van der Waals surface area contributed by atoms with Gasteiger partial charge < -0.3 is 19.9 Å². The van der Waals surface area contributed by atoms with Gasteiger partial charge in [-0.05, 0) is 56.2 Å². The molecule has 5 aliphatic heterocycles. The van der Waals surface area contributed by atoms with Crippen LogP contribution in [0.3, 0.4) is 0 Å². The number of aromatic nitrogens is 2. The molecule has 4 saturated heterocycles. The number of carbonyl (C=O) groups is 1. The summed E-state index contributed by atoms with van der Waals surface area (Å²) >= 11 is 6.65. The van der Waals surface area contributed by atoms with Crippen LogP contribution in [0, 0.1) is 0 Å². The minimum Gasteiger partial charge on any atom is -0.461 e. The van der Waals surface area contributed by atoms with Crippen molar-refractivity contribution in [3.05, 3.63) is 52.7 Å². The number of rotatable bonds is 5. The maximum absolute atomic E-state index is 14.4. The Hall–Kier alpha value is -3.01. The largest absolute Gasteiger partial charge is 0.461 e. The number of anilines is 2. The topological polar surface area (TPSA) is 73.8 Å². The molecule has 2 bridgehead atoms. The predicted octanol–water partition coefficient (Wildman–Crippen LogP) is 4.38. The zero-order valence-electron chi connectivity index (χ0n) is 23.0. The van der Waals surface area contributed by atoms with E-state index in [9.17, 15) is 9.18 Å². The van der Waals surface area contributed by atoms with Crippen molar-refractivity contribution in [3.8, 4) is 6.01 Å². The second-order valence-corrected chi connectivity index (χ2v) is 12.8. The third kappa shape index (κ3) is 4.27. The van der Waals surface area contributed by atoms with Crippen molar-refractivity contribution >= 4 is 39.8 Å². The quantitative estimate of drug-likeness (QED) is 0.483. The minimum absolute atomic E-state index is 0.171. The van der Waals surface area contributed by atoms with Crippen LogP contribution in [0.4, 0.5) is 15.9 Å². The van der Waals surface area contributed by atoms with Crippen molar-refractivity contribution in [2.24, 2.45) is 0 Å². The molecular formula is C31H34ClFN6O2. The van der Waals surface area contributed by atoms with E-state index in [4.69, 9.17) is 26.3 Å². The van der Waals surface area contributed by atoms with Crippen LogP contribution in [-0.2, 0) is 6.42 Å². The second-order valence-electron chi connectivity index (χ2n) is 12.4. The molecule has 3 aromatic rings. The van der Waals surface area contributed by atoms with E-state index >= 15 is 0 Å². The number of carbonyl (C=O) groups excluding carboxylic acids is 1. The molecule has 8 nitrogen and oxygen atoms in total. The van der Waals surface area contributed by atoms with Gasteiger partial charge in [-0.2, -0.15) is 9.97 Å². The number of nitrogens with one attached hydrogen (secondary N) is 1. The summed E-state index contributed by atoms with van der Waals surface area (Å²) in [6, 6.07) is 12.8. The summed E-state index contributed by atoms with van der Waals surface area (Å²) in [4.78, 5) is 30.3. The first-order valence-electron chi connectivity index (χ1n) is 14.9. The van der Waals surface area contributed by atoms with Gasteiger partial charge in [0.2, 0.25) is 0 Å². The van der Waals surface area contributed by atoms with E-state index in [1.165, 1.54) is 0 Å². The standard InChI is InChI=1S/C31H34ClFN6O2/c32-24-6-1-4-19-5-2-7-25(26(19)24)39-13-10-23-27(29(39)40)35-30(36-28(23)37-16-21-8-9-22(17-37)34-21)41-18-31-11-3-12-38(31)15-20(33)14-31/h1-2,4-7,20-22,34H,3,8-18H2/t20-,21?,22?,31+/m1/s1. The number of nitrogens with zero attached hydrogens (tertiary/aromatic N) is 5. The number of benzene rings is 2. The first-order valence-corrected chi connectivity index (χ1v) is 15.3. The number of fused-ring (bicyclic) bond motifs is 5. The second kappa shape index (κ2) is 9.78. The number of hydrogen-bond acceptors (Lipinski definition) is 7. The third-order valence-corrected chi connectivity index (χ3v) is 10.2. The Kier molecular flexibility index (Phi) is 6.13. The van der Waals surface area contributed by atoms with E-state index in [0.29, 0.717) is 55.3 Å². The average molecular weight is 577 g/mol. The molecule has 214 valence electrons. The fourth-order valence-corrected chi connectivity index (χ4v) is 8.27. The monoisotopic (exact) mass is 576 g/mol. The SMILES string of the molecule is O=C1c2nc(OC[C@@]34CCCN3C[C@H](F)C4)nc(N3CC4CCC(C3)N4)c2CCN1c1cccc2cccc(Cl)c12. The smallest absolute Gasteiger partial charge is 0.319 e. The number of alkyl halides is 1. The molecule has 0 aliphatic carbocycles. The fraction of sp³-hybridized carbons (Fsp3) is 0.516. The van der Waals surface area contributed by atoms with Gasteiger partial charge in [0.25, 0.3) is 5.91 Å². The number of amides is 1. The zero-order chi connectivity index (χ0) is 27.7. The molecule has 8 rings (SSSR count). The molecule has 1 amide bonds. The highest BCUT2D eigenvalue weighted by Gasteiger charge is 2.49. The van der Waals surface area contributed by atoms with Crippen molar-refractivity contribution in [1.82, 2.24) is 20.2 Å². The Balaban J connectivity index is 1.17. The van der Waals surface area contributed by atoms with E-state index in [1.54, 1.807) is 4.90 Å². The van der Waals surface area contributed by atoms with Gasteiger partial charge in [0.1, 0.15) is 24.3 Å². The minimum atomic E-state index is -0.835. The van der Waals surface area contributed by atoms with Gasteiger partial charge in [-0.3, -0.25) is 9.69 Å². The van der Waals surface area contributed by atoms with Crippen LogP contribution >= 0.6 is 11.6 Å². The summed E-state index contributed by atoms with van der Waals surface area (Å²) < 4.78 is 20.7. The summed E-state index contributed by atoms with van der Waals surface area (Å²) in [5.41, 5.74) is 1.74. The highest BCUT2D eigenvalue weighted by Crippen LogP contribution is 2.41. The number of hydrogen-bond donors (Lipinski definition) is 1. The van der Waals surface area contributed by atoms with E-state index < -0.39 is 6.17 Å². The maximum Gasteiger partial charge on any atom is 0.319 e. The Bertz CT molecular complexity index is 1520. The van der Waals surface area contributed by atoms with E-state index in [2.05, 4.69) is 15.1 Å². The summed E-state index contributed by atoms with van der Waals surface area (Å²) in [5, 5.41) is 6.15. The molecule has 2 unspecified atom stereocenters. The molecule has 5 aliphatic rings. The van der Waals surface area contributed by atoms with Crippen molar-refractivity contribution in [1.29, 1.82) is 0 Å². The highest BCUT2D eigenvalue weighted by molar-refractivity contribution is 6.37. The number of ether oxygens (including phenoxy) is 1. The molecule has 1 aromatic heterocycles. The molecule has 0 radical (unpaired) electrons. The lowest BCUT2D eigenvalue weighted by Crippen LogP contribution is -2.52. The molecule has 2 aromatic carbocycles. The van der Waals surface area contributed by atoms with E-state index in [1.807, 2.05) is 36.4 Å². The lowest BCUT2D eigenvalue weighted by molar-refractivity contribution is 0.0963. The van der Waals surface area contributed by atoms with Crippen molar-refractivity contribution in [2.45, 2.75) is 62.3 Å². The van der Waals surface area contributed by atoms with Gasteiger partial charge in [0.15, 0.2) is 0 Å². The Morgan fingerprint density at radius 1 is 1.07 bits per heavy atom. The molecule has 10 heteroatoms. The third-order valence-electron chi connectivity index (χ3n) is 9.87. The molecule has 4 atom stereocenters. The molecule has 0 spiro atoms. The Morgan fingerprint density at radius 2 is 1.88 bits per heavy atom. The van der Waals surface area contributed by atoms with E-state index in [0.717, 1.165) is 73.2 Å². The van der Waals surface area contributed by atoms with Crippen LogP contribution in [0.1, 0.15) is 48.2 Å². The predicted molar refractivity (Wildman–Crippen MR) is 157 cm³/mol. The van der Waals surface area contributed by atoms with Crippen molar-refractivity contribution in [2.75, 3.05) is 49.1 Å². The zero-order valence-corrected chi connectivity index (χ0v) is 23.7. The first-order chi connectivity index (χ1) is 20.0. The van der Waals surface area contributed by atoms with E-state index in [-0.39, 0.29) is 17.5 Å². The van der Waals surface area contributed by atoms with Gasteiger partial charge in [-0.15, -0.1) is 0 Å². The van der Waals surface area contributed by atoms with Gasteiger partial charge in [-0.25, -0.2) is 4.39 Å². The van der Waals surface area contributed by atoms with Gasteiger partial charge >= 0.3 is 6.01 Å². The van der Waals surface area contributed by atoms with Crippen molar-refractivity contribution < 1.29 is 13.9 Å². The first kappa shape index (κ1) is 25.7. The molecule has 4 fully saturated rings. The number of piperazine rings is 1. The average Bonchev–Trinajstić information content (AvgIpc) is 3.62. The molecule has 1 N–H and O–H groups in total. The summed E-state index contributed by atoms with van der Waals surface area (Å²) in [6.45, 7) is 3.89. The van der Waals surface area contributed by atoms with Crippen LogP contribution < -0.4 is 19.9 Å². The van der Waals surface area contributed by atoms with Gasteiger partial charge in [0, 0.05) is 55.6 Å². The normalized spacial score (nSPS) is 29.3. The summed E-state index contributed by atoms with van der Waals surface area (Å²) in [5.74, 6) is 0.638. The molecule has 6 heterocycles. The molecular weight excluding hydrogens is 543 g/mol. The van der Waals surface area contributed by atoms with Gasteiger partial charge in [-0.1, -0.05) is 35.9 Å². The van der Waals surface area contributed by atoms with Crippen LogP contribution in [0.15, 0.2) is 36.4 Å². The van der Waals surface area contributed by atoms with Crippen LogP contribution in [-0.4, -0.2) is 83.9 Å². The molecule has 0 saturated carbocycles. The summed E-state index contributed by atoms with van der Waals surface area (Å²) in [6.07, 6.45) is 4.51. The Morgan fingerprint density at radius 3 is 2.71 bits per heavy atom. The van der Waals surface area contributed by atoms with Gasteiger partial charge in [0.05, 0.1) is 16.2 Å². The lowest BCUT2D eigenvalue weighted by atomic mass is 9.95. The van der Waals surface area contributed by atoms with Crippen LogP contribution in [0.2, 0.25) is 5.02 Å². The van der Waals surface area contributed by atoms with Crippen LogP contribution in [0.25, 0.3) is 10.8 Å². The summed E-state index contributed by atoms with van der Waals surface area (Å²) in [7, 11) is 0.